The minimum Gasteiger partial charge on any atom is -0.389 e. The molecule has 6 heteroatoms. The molecule has 0 aromatic heterocycles. The van der Waals surface area contributed by atoms with Crippen LogP contribution in [0.4, 0.5) is 5.69 Å². The molecule has 0 aliphatic carbocycles. The van der Waals surface area contributed by atoms with Gasteiger partial charge in [-0.2, -0.15) is 0 Å². The molecule has 0 saturated carbocycles. The quantitative estimate of drug-likeness (QED) is 0.723. The molecule has 18 heavy (non-hydrogen) atoms. The number of hydrogen-bond acceptors (Lipinski definition) is 3. The fourth-order valence-electron chi connectivity index (χ4n) is 1.52. The predicted octanol–water partition coefficient (Wildman–Crippen LogP) is 2.02. The van der Waals surface area contributed by atoms with Crippen LogP contribution in [-0.2, 0) is 4.79 Å². The highest BCUT2D eigenvalue weighted by atomic mass is 79.9. The molecule has 98 valence electrons. The molecule has 0 radical (unpaired) electrons. The number of halogens is 1. The summed E-state index contributed by atoms with van der Waals surface area (Å²) in [6.45, 7) is 4.27. The number of amides is 1. The molecular weight excluding hydrogens is 314 g/mol. The van der Waals surface area contributed by atoms with Gasteiger partial charge in [0.15, 0.2) is 0 Å². The van der Waals surface area contributed by atoms with E-state index in [9.17, 15) is 4.79 Å². The molecule has 1 amide bonds. The molecule has 1 aromatic carbocycles. The monoisotopic (exact) mass is 329 g/mol. The second kappa shape index (κ2) is 6.70. The topological polar surface area (TPSA) is 67.2 Å². The minimum absolute atomic E-state index is 0.0636. The highest BCUT2D eigenvalue weighted by Gasteiger charge is 2.15. The molecule has 1 atom stereocenters. The number of nitrogens with two attached hydrogens (primary N) is 1. The SMILES string of the molecule is CCNC(=O)C(C)Nc1cccc(Br)c1C(N)=S. The summed E-state index contributed by atoms with van der Waals surface area (Å²) in [7, 11) is 0. The zero-order valence-electron chi connectivity index (χ0n) is 10.3. The van der Waals surface area contributed by atoms with E-state index in [1.54, 1.807) is 6.92 Å². The Morgan fingerprint density at radius 3 is 2.78 bits per heavy atom. The minimum atomic E-state index is -0.354. The lowest BCUT2D eigenvalue weighted by Gasteiger charge is -2.18. The number of anilines is 1. The van der Waals surface area contributed by atoms with Gasteiger partial charge in [0.2, 0.25) is 5.91 Å². The summed E-state index contributed by atoms with van der Waals surface area (Å²) in [4.78, 5) is 11.9. The molecule has 0 heterocycles. The van der Waals surface area contributed by atoms with Gasteiger partial charge >= 0.3 is 0 Å². The third-order valence-electron chi connectivity index (χ3n) is 2.38. The van der Waals surface area contributed by atoms with Crippen LogP contribution < -0.4 is 16.4 Å². The molecule has 4 nitrogen and oxygen atoms in total. The number of carbonyl (C=O) groups excluding carboxylic acids is 1. The third kappa shape index (κ3) is 3.68. The van der Waals surface area contributed by atoms with E-state index >= 15 is 0 Å². The van der Waals surface area contributed by atoms with Gasteiger partial charge in [0.1, 0.15) is 11.0 Å². The summed E-state index contributed by atoms with van der Waals surface area (Å²) in [6, 6.07) is 5.21. The zero-order valence-corrected chi connectivity index (χ0v) is 12.7. The van der Waals surface area contributed by atoms with Crippen LogP contribution >= 0.6 is 28.1 Å². The predicted molar refractivity (Wildman–Crippen MR) is 81.8 cm³/mol. The Morgan fingerprint density at radius 1 is 1.56 bits per heavy atom. The standard InChI is InChI=1S/C12H16BrN3OS/c1-3-15-12(17)7(2)16-9-6-4-5-8(13)10(9)11(14)18/h4-7,16H,3H2,1-2H3,(H2,14,18)(H,15,17). The lowest BCUT2D eigenvalue weighted by molar-refractivity contribution is -0.121. The number of thiocarbonyl (C=S) groups is 1. The summed E-state index contributed by atoms with van der Waals surface area (Å²) in [5.74, 6) is -0.0636. The summed E-state index contributed by atoms with van der Waals surface area (Å²) in [5.41, 5.74) is 7.14. The normalized spacial score (nSPS) is 11.7. The number of nitrogens with one attached hydrogen (secondary N) is 2. The Bertz CT molecular complexity index is 465. The molecule has 0 aliphatic rings. The van der Waals surface area contributed by atoms with Gasteiger partial charge in [-0.25, -0.2) is 0 Å². The highest BCUT2D eigenvalue weighted by molar-refractivity contribution is 9.10. The molecule has 1 aromatic rings. The van der Waals surface area contributed by atoms with Crippen molar-refractivity contribution in [2.75, 3.05) is 11.9 Å². The smallest absolute Gasteiger partial charge is 0.242 e. The lowest BCUT2D eigenvalue weighted by Crippen LogP contribution is -2.37. The Kier molecular flexibility index (Phi) is 5.55. The van der Waals surface area contributed by atoms with Crippen LogP contribution in [0.2, 0.25) is 0 Å². The summed E-state index contributed by atoms with van der Waals surface area (Å²) >= 11 is 8.41. The molecule has 0 fully saturated rings. The van der Waals surface area contributed by atoms with Crippen molar-refractivity contribution in [2.45, 2.75) is 19.9 Å². The van der Waals surface area contributed by atoms with Gasteiger partial charge in [0.05, 0.1) is 0 Å². The van der Waals surface area contributed by atoms with Gasteiger partial charge in [-0.1, -0.05) is 18.3 Å². The first-order valence-electron chi connectivity index (χ1n) is 5.60. The average molecular weight is 330 g/mol. The summed E-state index contributed by atoms with van der Waals surface area (Å²) < 4.78 is 0.808. The Morgan fingerprint density at radius 2 is 2.22 bits per heavy atom. The van der Waals surface area contributed by atoms with Gasteiger partial charge in [-0.15, -0.1) is 0 Å². The number of benzene rings is 1. The maximum absolute atomic E-state index is 11.7. The largest absolute Gasteiger partial charge is 0.389 e. The van der Waals surface area contributed by atoms with Crippen molar-refractivity contribution in [1.82, 2.24) is 5.32 Å². The zero-order chi connectivity index (χ0) is 13.7. The van der Waals surface area contributed by atoms with Crippen molar-refractivity contribution >= 4 is 44.7 Å². The molecule has 1 unspecified atom stereocenters. The summed E-state index contributed by atoms with van der Waals surface area (Å²) in [5, 5.41) is 5.86. The Hall–Kier alpha value is -1.14. The van der Waals surface area contributed by atoms with Gasteiger partial charge in [-0.3, -0.25) is 4.79 Å². The van der Waals surface area contributed by atoms with Crippen LogP contribution in [0.1, 0.15) is 19.4 Å². The number of carbonyl (C=O) groups is 1. The number of hydrogen-bond donors (Lipinski definition) is 3. The van der Waals surface area contributed by atoms with Crippen molar-refractivity contribution < 1.29 is 4.79 Å². The van der Waals surface area contributed by atoms with Gasteiger partial charge in [-0.05, 0) is 41.9 Å². The highest BCUT2D eigenvalue weighted by Crippen LogP contribution is 2.25. The van der Waals surface area contributed by atoms with Gasteiger partial charge in [0.25, 0.3) is 0 Å². The molecule has 1 rings (SSSR count). The van der Waals surface area contributed by atoms with E-state index in [4.69, 9.17) is 18.0 Å². The molecular formula is C12H16BrN3OS. The summed E-state index contributed by atoms with van der Waals surface area (Å²) in [6.07, 6.45) is 0. The third-order valence-corrected chi connectivity index (χ3v) is 3.24. The van der Waals surface area contributed by atoms with Crippen LogP contribution in [-0.4, -0.2) is 23.5 Å². The Balaban J connectivity index is 2.94. The average Bonchev–Trinajstić information content (AvgIpc) is 2.28. The van der Waals surface area contributed by atoms with Crippen LogP contribution in [0, 0.1) is 0 Å². The van der Waals surface area contributed by atoms with Crippen molar-refractivity contribution in [1.29, 1.82) is 0 Å². The van der Waals surface area contributed by atoms with Gasteiger partial charge in [0, 0.05) is 22.3 Å². The maximum Gasteiger partial charge on any atom is 0.242 e. The van der Waals surface area contributed by atoms with Crippen LogP contribution in [0.25, 0.3) is 0 Å². The van der Waals surface area contributed by atoms with E-state index in [2.05, 4.69) is 26.6 Å². The second-order valence-corrected chi connectivity index (χ2v) is 5.08. The Labute approximate surface area is 120 Å². The van der Waals surface area contributed by atoms with Crippen LogP contribution in [0.15, 0.2) is 22.7 Å². The first-order valence-corrected chi connectivity index (χ1v) is 6.80. The van der Waals surface area contributed by atoms with E-state index in [-0.39, 0.29) is 16.9 Å². The van der Waals surface area contributed by atoms with Crippen molar-refractivity contribution in [3.8, 4) is 0 Å². The van der Waals surface area contributed by atoms with E-state index in [1.165, 1.54) is 0 Å². The molecule has 0 saturated heterocycles. The lowest BCUT2D eigenvalue weighted by atomic mass is 10.1. The van der Waals surface area contributed by atoms with E-state index in [0.717, 1.165) is 10.2 Å². The van der Waals surface area contributed by atoms with Gasteiger partial charge < -0.3 is 16.4 Å². The molecule has 0 aliphatic heterocycles. The van der Waals surface area contributed by atoms with Crippen molar-refractivity contribution in [2.24, 2.45) is 5.73 Å². The van der Waals surface area contributed by atoms with E-state index in [0.29, 0.717) is 12.1 Å². The number of rotatable bonds is 5. The fraction of sp³-hybridized carbons (Fsp3) is 0.333. The first-order chi connectivity index (χ1) is 8.47. The van der Waals surface area contributed by atoms with Crippen LogP contribution in [0.3, 0.4) is 0 Å². The maximum atomic E-state index is 11.7. The van der Waals surface area contributed by atoms with Crippen LogP contribution in [0.5, 0.6) is 0 Å². The van der Waals surface area contributed by atoms with E-state index in [1.807, 2.05) is 25.1 Å². The fourth-order valence-corrected chi connectivity index (χ4v) is 2.45. The molecule has 0 spiro atoms. The van der Waals surface area contributed by atoms with E-state index < -0.39 is 0 Å². The first kappa shape index (κ1) is 14.9. The molecule has 0 bridgehead atoms. The van der Waals surface area contributed by atoms with Crippen molar-refractivity contribution in [3.05, 3.63) is 28.2 Å². The number of likely N-dealkylation sites (N-methyl/N-ethyl adjacent to an activating group) is 1. The van der Waals surface area contributed by atoms with Crippen molar-refractivity contribution in [3.63, 3.8) is 0 Å². The molecule has 4 N–H and O–H groups in total. The second-order valence-electron chi connectivity index (χ2n) is 3.79.